The van der Waals surface area contributed by atoms with Crippen LogP contribution in [0.5, 0.6) is 0 Å². The summed E-state index contributed by atoms with van der Waals surface area (Å²) in [6.45, 7) is 37.0. The summed E-state index contributed by atoms with van der Waals surface area (Å²) in [5.74, 6) is 0.573. The molecule has 0 amide bonds. The second-order valence-electron chi connectivity index (χ2n) is 20.7. The van der Waals surface area contributed by atoms with E-state index in [-0.39, 0.29) is 46.5 Å². The summed E-state index contributed by atoms with van der Waals surface area (Å²) in [5.41, 5.74) is 10.6. The molecule has 1 aliphatic carbocycles. The molecule has 6 rings (SSSR count). The molecule has 5 heteroatoms. The van der Waals surface area contributed by atoms with Crippen LogP contribution in [0.3, 0.4) is 0 Å². The average Bonchev–Trinajstić information content (AvgIpc) is 3.72. The van der Waals surface area contributed by atoms with Gasteiger partial charge in [-0.05, 0) is 21.7 Å². The van der Waals surface area contributed by atoms with Crippen LogP contribution in [-0.4, -0.2) is 3.21 Å². The second-order valence-corrected chi connectivity index (χ2v) is 22.8. The van der Waals surface area contributed by atoms with Crippen LogP contribution in [0.15, 0.2) is 96.6 Å². The van der Waals surface area contributed by atoms with Gasteiger partial charge in [0.1, 0.15) is 0 Å². The molecule has 0 aliphatic heterocycles. The van der Waals surface area contributed by atoms with Gasteiger partial charge in [0.25, 0.3) is 0 Å². The Morgan fingerprint density at radius 2 is 0.879 bits per heavy atom. The van der Waals surface area contributed by atoms with Gasteiger partial charge in [0.05, 0.1) is 0 Å². The SMILES string of the molecule is CC(C)(C)c1cc2[cH-]c3cc(C(C)(C)C)c(C(C)(C)C)cc3c2cc1C(C)(C)C.CCC1[C-]=CC(C(C)(C)C)=C1.Clc1ccc([C](=[Zr+2])c2ccc(Cl)cc2)cc1.[Cl-].[Cl-]. The van der Waals surface area contributed by atoms with Gasteiger partial charge in [0.15, 0.2) is 0 Å². The Kier molecular flexibility index (Phi) is 17.9. The first-order valence-corrected chi connectivity index (χ1v) is 22.2. The van der Waals surface area contributed by atoms with Gasteiger partial charge in [-0.15, -0.1) is 39.7 Å². The van der Waals surface area contributed by atoms with Gasteiger partial charge in [-0.3, -0.25) is 6.08 Å². The van der Waals surface area contributed by atoms with Gasteiger partial charge in [-0.25, -0.2) is 6.08 Å². The molecule has 0 nitrogen and oxygen atoms in total. The van der Waals surface area contributed by atoms with Crippen molar-refractivity contribution in [3.8, 4) is 0 Å². The second kappa shape index (κ2) is 19.9. The number of allylic oxidation sites excluding steroid dienone is 4. The minimum Gasteiger partial charge on any atom is -1.00 e. The Hall–Kier alpha value is -1.86. The quantitative estimate of drug-likeness (QED) is 0.158. The van der Waals surface area contributed by atoms with Crippen LogP contribution in [-0.2, 0) is 45.9 Å². The van der Waals surface area contributed by atoms with Crippen LogP contribution in [0.2, 0.25) is 10.0 Å². The van der Waals surface area contributed by atoms with Crippen molar-refractivity contribution in [1.82, 2.24) is 0 Å². The van der Waals surface area contributed by atoms with Crippen molar-refractivity contribution in [3.05, 3.63) is 146 Å². The Morgan fingerprint density at radius 3 is 1.14 bits per heavy atom. The fourth-order valence-corrected chi connectivity index (χ4v) is 8.27. The summed E-state index contributed by atoms with van der Waals surface area (Å²) in [4.78, 5) is 0. The Morgan fingerprint density at radius 1 is 0.552 bits per heavy atom. The van der Waals surface area contributed by atoms with Gasteiger partial charge in [0, 0.05) is 0 Å². The molecule has 58 heavy (non-hydrogen) atoms. The van der Waals surface area contributed by atoms with Crippen LogP contribution < -0.4 is 24.8 Å². The molecule has 1 atom stereocenters. The van der Waals surface area contributed by atoms with Gasteiger partial charge in [-0.1, -0.05) is 163 Å². The Labute approximate surface area is 390 Å². The summed E-state index contributed by atoms with van der Waals surface area (Å²) in [6.07, 6.45) is 9.00. The minimum absolute atomic E-state index is 0. The van der Waals surface area contributed by atoms with E-state index >= 15 is 0 Å². The third kappa shape index (κ3) is 13.3. The summed E-state index contributed by atoms with van der Waals surface area (Å²) in [6, 6.07) is 28.1. The maximum Gasteiger partial charge on any atom is -1.00 e. The summed E-state index contributed by atoms with van der Waals surface area (Å²) >= 11 is 13.1. The zero-order chi connectivity index (χ0) is 42.2. The van der Waals surface area contributed by atoms with Crippen molar-refractivity contribution in [2.75, 3.05) is 0 Å². The van der Waals surface area contributed by atoms with Crippen molar-refractivity contribution in [1.29, 1.82) is 0 Å². The molecular formula is C53H66Cl4Zr-2. The summed E-state index contributed by atoms with van der Waals surface area (Å²) < 4.78 is 1.31. The third-order valence-corrected chi connectivity index (χ3v) is 12.5. The number of benzene rings is 4. The van der Waals surface area contributed by atoms with E-state index in [2.05, 4.69) is 159 Å². The van der Waals surface area contributed by atoms with Crippen LogP contribution >= 0.6 is 23.2 Å². The molecule has 5 aromatic carbocycles. The fourth-order valence-electron chi connectivity index (χ4n) is 7.20. The molecule has 5 aromatic rings. The molecule has 0 radical (unpaired) electrons. The van der Waals surface area contributed by atoms with Crippen LogP contribution in [0.1, 0.15) is 151 Å². The number of halogens is 4. The summed E-state index contributed by atoms with van der Waals surface area (Å²) in [7, 11) is 0. The molecule has 1 aliphatic rings. The molecule has 312 valence electrons. The molecule has 0 heterocycles. The normalized spacial score (nSPS) is 14.5. The molecule has 0 saturated heterocycles. The first-order valence-electron chi connectivity index (χ1n) is 20.3. The van der Waals surface area contributed by atoms with Gasteiger partial charge >= 0.3 is 120 Å². The van der Waals surface area contributed by atoms with Crippen LogP contribution in [0, 0.1) is 17.4 Å². The van der Waals surface area contributed by atoms with Gasteiger partial charge < -0.3 is 24.8 Å². The zero-order valence-electron chi connectivity index (χ0n) is 38.0. The first kappa shape index (κ1) is 52.3. The molecule has 0 bridgehead atoms. The van der Waals surface area contributed by atoms with E-state index in [1.807, 2.05) is 48.5 Å². The van der Waals surface area contributed by atoms with E-state index in [1.165, 1.54) is 94.4 Å². The molecule has 0 aromatic heterocycles. The van der Waals surface area contributed by atoms with E-state index in [4.69, 9.17) is 23.2 Å². The maximum absolute atomic E-state index is 5.86. The van der Waals surface area contributed by atoms with Crippen molar-refractivity contribution in [2.24, 2.45) is 11.3 Å². The Balaban J connectivity index is 0.000000336. The monoisotopic (exact) mass is 932 g/mol. The zero-order valence-corrected chi connectivity index (χ0v) is 43.4. The van der Waals surface area contributed by atoms with Crippen molar-refractivity contribution >= 4 is 48.0 Å². The topological polar surface area (TPSA) is 0 Å². The molecule has 0 N–H and O–H groups in total. The number of rotatable bonds is 3. The van der Waals surface area contributed by atoms with Crippen LogP contribution in [0.4, 0.5) is 0 Å². The van der Waals surface area contributed by atoms with Crippen molar-refractivity contribution < 1.29 is 49.0 Å². The number of fused-ring (bicyclic) bond motifs is 3. The van der Waals surface area contributed by atoms with Gasteiger partial charge in [0.2, 0.25) is 0 Å². The minimum atomic E-state index is 0. The fraction of sp³-hybridized carbons (Fsp3) is 0.434. The predicted molar refractivity (Wildman–Crippen MR) is 247 cm³/mol. The summed E-state index contributed by atoms with van der Waals surface area (Å²) in [5, 5.41) is 7.10. The first-order chi connectivity index (χ1) is 25.6. The average molecular weight is 936 g/mol. The Bertz CT molecular complexity index is 2080. The van der Waals surface area contributed by atoms with Crippen molar-refractivity contribution in [3.63, 3.8) is 0 Å². The standard InChI is InChI=1S/C29H41.C13H8Cl2.C11H17.2ClH.Zr/c1-26(2,3)22-14-18-13-19-15-23(27(4,5)6)25(29(10,11)12)17-21(19)20(18)16-24(22)28(7,8)9;14-12-5-1-10(2-6-12)9-11-3-7-13(15)8-4-11;1-5-9-6-7-10(8-9)11(2,3)4;;;/h13-17H,1-12H3;1-8H;7-9H,5H2,1-4H3;2*1H;/q-1;;-1;;;+2/p-2. The predicted octanol–water partition coefficient (Wildman–Crippen LogP) is 10.4. The van der Waals surface area contributed by atoms with E-state index in [1.54, 1.807) is 0 Å². The van der Waals surface area contributed by atoms with Crippen molar-refractivity contribution in [2.45, 2.75) is 139 Å². The number of hydrogen-bond donors (Lipinski definition) is 0. The van der Waals surface area contributed by atoms with Crippen LogP contribution in [0.25, 0.3) is 21.5 Å². The molecule has 0 spiro atoms. The van der Waals surface area contributed by atoms with E-state index in [9.17, 15) is 0 Å². The third-order valence-electron chi connectivity index (χ3n) is 10.6. The molecular weight excluding hydrogens is 870 g/mol. The molecule has 0 fully saturated rings. The maximum atomic E-state index is 5.86. The number of hydrogen-bond acceptors (Lipinski definition) is 0. The van der Waals surface area contributed by atoms with E-state index in [0.29, 0.717) is 11.3 Å². The molecule has 0 saturated carbocycles. The smallest absolute Gasteiger partial charge is 1.00 e. The van der Waals surface area contributed by atoms with E-state index in [0.717, 1.165) is 10.0 Å². The molecule has 1 unspecified atom stereocenters. The van der Waals surface area contributed by atoms with E-state index < -0.39 is 0 Å². The van der Waals surface area contributed by atoms with Gasteiger partial charge in [-0.2, -0.15) is 11.6 Å². The largest absolute Gasteiger partial charge is 1.00 e.